The molecule has 1 fully saturated rings. The second-order valence-corrected chi connectivity index (χ2v) is 6.52. The molecule has 0 aromatic carbocycles. The van der Waals surface area contributed by atoms with Crippen LogP contribution in [0.25, 0.3) is 0 Å². The summed E-state index contributed by atoms with van der Waals surface area (Å²) in [5.41, 5.74) is 0.961. The summed E-state index contributed by atoms with van der Waals surface area (Å²) in [5, 5.41) is 6.80. The highest BCUT2D eigenvalue weighted by molar-refractivity contribution is 5.79. The van der Waals surface area contributed by atoms with E-state index in [1.54, 1.807) is 12.5 Å². The van der Waals surface area contributed by atoms with Gasteiger partial charge in [0.2, 0.25) is 0 Å². The molecule has 140 valence electrons. The fraction of sp³-hybridized carbons (Fsp3) is 0.500. The number of rotatable bonds is 7. The molecule has 0 bridgehead atoms. The Balaban J connectivity index is 1.64. The van der Waals surface area contributed by atoms with Crippen LogP contribution in [0.15, 0.2) is 52.2 Å². The van der Waals surface area contributed by atoms with E-state index in [1.165, 1.54) is 19.3 Å². The quantitative estimate of drug-likeness (QED) is 0.590. The van der Waals surface area contributed by atoms with E-state index >= 15 is 0 Å². The van der Waals surface area contributed by atoms with Crippen LogP contribution >= 0.6 is 0 Å². The summed E-state index contributed by atoms with van der Waals surface area (Å²) in [6.07, 6.45) is 7.39. The van der Waals surface area contributed by atoms with Gasteiger partial charge >= 0.3 is 0 Å². The van der Waals surface area contributed by atoms with Crippen molar-refractivity contribution in [3.05, 3.63) is 54.2 Å². The lowest BCUT2D eigenvalue weighted by Gasteiger charge is -2.33. The molecule has 0 aliphatic carbocycles. The Kier molecular flexibility index (Phi) is 7.07. The molecule has 0 spiro atoms. The Bertz CT molecular complexity index is 650. The van der Waals surface area contributed by atoms with E-state index in [0.717, 1.165) is 43.6 Å². The first-order valence-corrected chi connectivity index (χ1v) is 9.56. The van der Waals surface area contributed by atoms with Gasteiger partial charge in [0.1, 0.15) is 5.76 Å². The summed E-state index contributed by atoms with van der Waals surface area (Å²) >= 11 is 0. The first-order valence-electron chi connectivity index (χ1n) is 9.56. The lowest BCUT2D eigenvalue weighted by atomic mass is 10.1. The standard InChI is InChI=1S/C20H29N5O/c1-2-21-20(23-15-17-9-4-5-11-22-17)24-16-18(19-10-8-14-26-19)25-12-6-3-7-13-25/h4-5,8-11,14,18H,2-3,6-7,12-13,15-16H2,1H3,(H2,21,23,24). The molecular weight excluding hydrogens is 326 g/mol. The largest absolute Gasteiger partial charge is 0.468 e. The molecule has 1 saturated heterocycles. The molecule has 1 aliphatic rings. The van der Waals surface area contributed by atoms with Crippen LogP contribution in [0, 0.1) is 0 Å². The van der Waals surface area contributed by atoms with E-state index in [9.17, 15) is 0 Å². The highest BCUT2D eigenvalue weighted by Gasteiger charge is 2.24. The maximum atomic E-state index is 5.72. The zero-order valence-electron chi connectivity index (χ0n) is 15.5. The molecule has 6 nitrogen and oxygen atoms in total. The summed E-state index contributed by atoms with van der Waals surface area (Å²) in [4.78, 5) is 11.5. The maximum Gasteiger partial charge on any atom is 0.191 e. The van der Waals surface area contributed by atoms with Gasteiger partial charge in [-0.1, -0.05) is 12.5 Å². The molecule has 3 rings (SSSR count). The van der Waals surface area contributed by atoms with Crippen LogP contribution in [0.2, 0.25) is 0 Å². The monoisotopic (exact) mass is 355 g/mol. The smallest absolute Gasteiger partial charge is 0.191 e. The van der Waals surface area contributed by atoms with E-state index < -0.39 is 0 Å². The fourth-order valence-electron chi connectivity index (χ4n) is 3.31. The number of nitrogens with one attached hydrogen (secondary N) is 2. The lowest BCUT2D eigenvalue weighted by molar-refractivity contribution is 0.146. The summed E-state index contributed by atoms with van der Waals surface area (Å²) in [7, 11) is 0. The molecule has 2 aromatic heterocycles. The van der Waals surface area contributed by atoms with Gasteiger partial charge in [0.25, 0.3) is 0 Å². The second kappa shape index (κ2) is 9.97. The molecule has 2 aromatic rings. The van der Waals surface area contributed by atoms with E-state index in [4.69, 9.17) is 4.42 Å². The van der Waals surface area contributed by atoms with Crippen LogP contribution in [-0.4, -0.2) is 42.0 Å². The number of pyridine rings is 1. The number of nitrogens with zero attached hydrogens (tertiary/aromatic N) is 3. The van der Waals surface area contributed by atoms with Gasteiger partial charge in [-0.25, -0.2) is 4.99 Å². The van der Waals surface area contributed by atoms with Crippen LogP contribution in [0.3, 0.4) is 0 Å². The van der Waals surface area contributed by atoms with Crippen LogP contribution < -0.4 is 10.6 Å². The predicted octanol–water partition coefficient (Wildman–Crippen LogP) is 2.96. The van der Waals surface area contributed by atoms with Crippen molar-refractivity contribution in [1.29, 1.82) is 0 Å². The molecule has 1 atom stereocenters. The molecule has 1 aliphatic heterocycles. The normalized spacial score (nSPS) is 17.0. The van der Waals surface area contributed by atoms with Gasteiger partial charge in [-0.05, 0) is 57.1 Å². The number of hydrogen-bond donors (Lipinski definition) is 2. The zero-order chi connectivity index (χ0) is 18.0. The maximum absolute atomic E-state index is 5.72. The zero-order valence-corrected chi connectivity index (χ0v) is 15.5. The third kappa shape index (κ3) is 5.33. The molecule has 1 unspecified atom stereocenters. The van der Waals surface area contributed by atoms with Crippen molar-refractivity contribution in [1.82, 2.24) is 20.5 Å². The van der Waals surface area contributed by atoms with Gasteiger partial charge in [-0.15, -0.1) is 0 Å². The number of aromatic nitrogens is 1. The molecule has 0 saturated carbocycles. The first-order chi connectivity index (χ1) is 12.9. The fourth-order valence-corrected chi connectivity index (χ4v) is 3.31. The molecule has 3 heterocycles. The minimum atomic E-state index is 0.226. The SMILES string of the molecule is CCNC(=NCc1ccccn1)NCC(c1ccco1)N1CCCCC1. The van der Waals surface area contributed by atoms with Crippen LogP contribution in [0.1, 0.15) is 43.7 Å². The summed E-state index contributed by atoms with van der Waals surface area (Å²) < 4.78 is 5.72. The van der Waals surface area contributed by atoms with Crippen molar-refractivity contribution in [2.24, 2.45) is 4.99 Å². The van der Waals surface area contributed by atoms with Crippen molar-refractivity contribution < 1.29 is 4.42 Å². The average molecular weight is 355 g/mol. The number of hydrogen-bond acceptors (Lipinski definition) is 4. The number of furan rings is 1. The second-order valence-electron chi connectivity index (χ2n) is 6.52. The predicted molar refractivity (Wildman–Crippen MR) is 104 cm³/mol. The van der Waals surface area contributed by atoms with Crippen LogP contribution in [-0.2, 0) is 6.54 Å². The van der Waals surface area contributed by atoms with Crippen molar-refractivity contribution in [2.75, 3.05) is 26.2 Å². The Labute approximate surface area is 155 Å². The van der Waals surface area contributed by atoms with Crippen molar-refractivity contribution in [3.8, 4) is 0 Å². The highest BCUT2D eigenvalue weighted by Crippen LogP contribution is 2.24. The minimum absolute atomic E-state index is 0.226. The molecular formula is C20H29N5O. The van der Waals surface area contributed by atoms with Gasteiger partial charge in [-0.2, -0.15) is 0 Å². The van der Waals surface area contributed by atoms with E-state index in [0.29, 0.717) is 6.54 Å². The third-order valence-electron chi connectivity index (χ3n) is 4.64. The molecule has 0 radical (unpaired) electrons. The molecule has 6 heteroatoms. The van der Waals surface area contributed by atoms with Crippen molar-refractivity contribution >= 4 is 5.96 Å². The van der Waals surface area contributed by atoms with Gasteiger partial charge in [0, 0.05) is 19.3 Å². The third-order valence-corrected chi connectivity index (χ3v) is 4.64. The molecule has 26 heavy (non-hydrogen) atoms. The topological polar surface area (TPSA) is 65.7 Å². The van der Waals surface area contributed by atoms with Crippen molar-refractivity contribution in [3.63, 3.8) is 0 Å². The first kappa shape index (κ1) is 18.5. The van der Waals surface area contributed by atoms with Gasteiger partial charge < -0.3 is 15.1 Å². The van der Waals surface area contributed by atoms with Crippen molar-refractivity contribution in [2.45, 2.75) is 38.8 Å². The number of guanidine groups is 1. The van der Waals surface area contributed by atoms with E-state index in [1.807, 2.05) is 24.3 Å². The Hall–Kier alpha value is -2.34. The number of likely N-dealkylation sites (tertiary alicyclic amines) is 1. The van der Waals surface area contributed by atoms with Crippen LogP contribution in [0.5, 0.6) is 0 Å². The minimum Gasteiger partial charge on any atom is -0.468 e. The number of piperidine rings is 1. The van der Waals surface area contributed by atoms with Crippen LogP contribution in [0.4, 0.5) is 0 Å². The lowest BCUT2D eigenvalue weighted by Crippen LogP contribution is -2.44. The molecule has 2 N–H and O–H groups in total. The number of aliphatic imine (C=N–C) groups is 1. The average Bonchev–Trinajstić information content (AvgIpc) is 3.22. The molecule has 0 amide bonds. The van der Waals surface area contributed by atoms with Gasteiger partial charge in [0.15, 0.2) is 5.96 Å². The Morgan fingerprint density at radius 3 is 2.77 bits per heavy atom. The van der Waals surface area contributed by atoms with E-state index in [-0.39, 0.29) is 6.04 Å². The summed E-state index contributed by atoms with van der Waals surface area (Å²) in [6.45, 7) is 6.46. The summed E-state index contributed by atoms with van der Waals surface area (Å²) in [6, 6.07) is 10.2. The van der Waals surface area contributed by atoms with E-state index in [2.05, 4.69) is 38.5 Å². The Morgan fingerprint density at radius 1 is 1.19 bits per heavy atom. The summed E-state index contributed by atoms with van der Waals surface area (Å²) in [5.74, 6) is 1.83. The van der Waals surface area contributed by atoms with Gasteiger partial charge in [0.05, 0.1) is 24.5 Å². The highest BCUT2D eigenvalue weighted by atomic mass is 16.3. The Morgan fingerprint density at radius 2 is 2.08 bits per heavy atom. The van der Waals surface area contributed by atoms with Gasteiger partial charge in [-0.3, -0.25) is 9.88 Å².